The van der Waals surface area contributed by atoms with Crippen LogP contribution in [0.4, 0.5) is 11.5 Å². The summed E-state index contributed by atoms with van der Waals surface area (Å²) >= 11 is 6.28. The summed E-state index contributed by atoms with van der Waals surface area (Å²) in [7, 11) is 0. The van der Waals surface area contributed by atoms with Crippen LogP contribution in [0.25, 0.3) is 16.9 Å². The van der Waals surface area contributed by atoms with Crippen molar-refractivity contribution in [3.05, 3.63) is 76.9 Å². The Hall–Kier alpha value is -2.98. The minimum absolute atomic E-state index is 0.194. The summed E-state index contributed by atoms with van der Waals surface area (Å²) in [6.45, 7) is 4.00. The molecule has 130 valence electrons. The number of hydrogen-bond donors (Lipinski definition) is 2. The summed E-state index contributed by atoms with van der Waals surface area (Å²) in [6.07, 6.45) is 0. The van der Waals surface area contributed by atoms with E-state index in [4.69, 9.17) is 16.6 Å². The van der Waals surface area contributed by atoms with Crippen LogP contribution in [0.1, 0.15) is 11.3 Å². The lowest BCUT2D eigenvalue weighted by Crippen LogP contribution is -2.01. The Morgan fingerprint density at radius 2 is 1.73 bits per heavy atom. The number of phenolic OH excluding ortho intramolecular Hbond substituents is 1. The van der Waals surface area contributed by atoms with Crippen molar-refractivity contribution in [1.82, 2.24) is 9.38 Å². The third kappa shape index (κ3) is 2.68. The molecule has 2 aromatic carbocycles. The molecule has 0 bridgehead atoms. The molecule has 5 heteroatoms. The van der Waals surface area contributed by atoms with Crippen LogP contribution in [0.3, 0.4) is 0 Å². The number of aromatic nitrogens is 2. The number of rotatable bonds is 3. The fourth-order valence-corrected chi connectivity index (χ4v) is 3.28. The number of fused-ring (bicyclic) bond motifs is 1. The second kappa shape index (κ2) is 6.39. The van der Waals surface area contributed by atoms with Gasteiger partial charge in [-0.15, -0.1) is 0 Å². The first-order chi connectivity index (χ1) is 12.6. The molecule has 0 aliphatic rings. The van der Waals surface area contributed by atoms with Crippen LogP contribution in [0.2, 0.25) is 5.02 Å². The summed E-state index contributed by atoms with van der Waals surface area (Å²) in [5, 5.41) is 14.5. The molecule has 4 aromatic rings. The predicted molar refractivity (Wildman–Crippen MR) is 107 cm³/mol. The van der Waals surface area contributed by atoms with Crippen molar-refractivity contribution < 1.29 is 5.11 Å². The number of para-hydroxylation sites is 1. The summed E-state index contributed by atoms with van der Waals surface area (Å²) in [5.41, 5.74) is 5.08. The second-order valence-electron chi connectivity index (χ2n) is 6.22. The Morgan fingerprint density at radius 1 is 0.962 bits per heavy atom. The molecule has 2 N–H and O–H groups in total. The summed E-state index contributed by atoms with van der Waals surface area (Å²) in [5.74, 6) is 0.990. The molecule has 0 unspecified atom stereocenters. The Balaban J connectivity index is 1.99. The van der Waals surface area contributed by atoms with E-state index in [2.05, 4.69) is 5.32 Å². The normalized spacial score (nSPS) is 11.0. The minimum atomic E-state index is 0.194. The van der Waals surface area contributed by atoms with Gasteiger partial charge in [0.2, 0.25) is 0 Å². The molecule has 0 fully saturated rings. The van der Waals surface area contributed by atoms with E-state index in [1.165, 1.54) is 0 Å². The van der Waals surface area contributed by atoms with E-state index in [9.17, 15) is 5.11 Å². The van der Waals surface area contributed by atoms with Gasteiger partial charge in [-0.1, -0.05) is 35.9 Å². The molecule has 0 spiro atoms. The molecule has 4 rings (SSSR count). The van der Waals surface area contributed by atoms with Gasteiger partial charge in [0.15, 0.2) is 0 Å². The number of halogens is 1. The largest absolute Gasteiger partial charge is 0.507 e. The molecule has 0 saturated heterocycles. The predicted octanol–water partition coefficient (Wildman–Crippen LogP) is 5.72. The van der Waals surface area contributed by atoms with Gasteiger partial charge in [-0.2, -0.15) is 0 Å². The quantitative estimate of drug-likeness (QED) is 0.489. The van der Waals surface area contributed by atoms with Crippen molar-refractivity contribution in [1.29, 1.82) is 0 Å². The SMILES string of the molecule is Cc1c(Cl)cccc1Nc1c(-c2ccccc2O)nc2cccc(C)n12. The number of phenols is 1. The van der Waals surface area contributed by atoms with Gasteiger partial charge in [0.05, 0.1) is 0 Å². The number of pyridine rings is 1. The molecule has 2 heterocycles. The van der Waals surface area contributed by atoms with Crippen LogP contribution < -0.4 is 5.32 Å². The fraction of sp³-hybridized carbons (Fsp3) is 0.0952. The van der Waals surface area contributed by atoms with Crippen molar-refractivity contribution in [3.8, 4) is 17.0 Å². The van der Waals surface area contributed by atoms with Gasteiger partial charge < -0.3 is 10.4 Å². The van der Waals surface area contributed by atoms with Gasteiger partial charge in [-0.25, -0.2) is 4.98 Å². The lowest BCUT2D eigenvalue weighted by Gasteiger charge is -2.13. The molecule has 0 atom stereocenters. The third-order valence-electron chi connectivity index (χ3n) is 4.52. The lowest BCUT2D eigenvalue weighted by molar-refractivity contribution is 0.477. The van der Waals surface area contributed by atoms with E-state index < -0.39 is 0 Å². The van der Waals surface area contributed by atoms with Crippen molar-refractivity contribution in [2.45, 2.75) is 13.8 Å². The highest BCUT2D eigenvalue weighted by molar-refractivity contribution is 6.31. The zero-order valence-electron chi connectivity index (χ0n) is 14.5. The van der Waals surface area contributed by atoms with Crippen molar-refractivity contribution in [2.75, 3.05) is 5.32 Å². The molecule has 26 heavy (non-hydrogen) atoms. The van der Waals surface area contributed by atoms with Crippen LogP contribution in [-0.2, 0) is 0 Å². The van der Waals surface area contributed by atoms with Gasteiger partial charge in [0, 0.05) is 22.0 Å². The summed E-state index contributed by atoms with van der Waals surface area (Å²) < 4.78 is 2.04. The average Bonchev–Trinajstić information content (AvgIpc) is 2.99. The first-order valence-corrected chi connectivity index (χ1v) is 8.72. The molecular formula is C21H18ClN3O. The first-order valence-electron chi connectivity index (χ1n) is 8.35. The van der Waals surface area contributed by atoms with Gasteiger partial charge in [0.1, 0.15) is 22.9 Å². The zero-order valence-corrected chi connectivity index (χ0v) is 15.2. The summed E-state index contributed by atoms with van der Waals surface area (Å²) in [6, 6.07) is 18.9. The van der Waals surface area contributed by atoms with Crippen LogP contribution in [0.15, 0.2) is 60.7 Å². The van der Waals surface area contributed by atoms with Gasteiger partial charge in [-0.05, 0) is 55.8 Å². The van der Waals surface area contributed by atoms with Crippen molar-refractivity contribution >= 4 is 28.8 Å². The number of aryl methyl sites for hydroxylation is 1. The number of nitrogens with one attached hydrogen (secondary N) is 1. The van der Waals surface area contributed by atoms with Gasteiger partial charge >= 0.3 is 0 Å². The lowest BCUT2D eigenvalue weighted by atomic mass is 10.1. The Bertz CT molecular complexity index is 1120. The number of benzene rings is 2. The highest BCUT2D eigenvalue weighted by Crippen LogP contribution is 2.37. The number of aromatic hydroxyl groups is 1. The Kier molecular flexibility index (Phi) is 4.05. The minimum Gasteiger partial charge on any atom is -0.507 e. The Morgan fingerprint density at radius 3 is 2.54 bits per heavy atom. The van der Waals surface area contributed by atoms with Crippen molar-refractivity contribution in [3.63, 3.8) is 0 Å². The molecule has 0 saturated carbocycles. The maximum atomic E-state index is 10.3. The van der Waals surface area contributed by atoms with Crippen LogP contribution >= 0.6 is 11.6 Å². The first kappa shape index (κ1) is 16.5. The van der Waals surface area contributed by atoms with E-state index in [0.717, 1.165) is 28.4 Å². The topological polar surface area (TPSA) is 49.6 Å². The maximum absolute atomic E-state index is 10.3. The number of hydrogen-bond acceptors (Lipinski definition) is 3. The monoisotopic (exact) mass is 363 g/mol. The highest BCUT2D eigenvalue weighted by atomic mass is 35.5. The Labute approximate surface area is 156 Å². The number of nitrogens with zero attached hydrogens (tertiary/aromatic N) is 2. The fourth-order valence-electron chi connectivity index (χ4n) is 3.10. The smallest absolute Gasteiger partial charge is 0.143 e. The maximum Gasteiger partial charge on any atom is 0.143 e. The molecule has 0 radical (unpaired) electrons. The van der Waals surface area contributed by atoms with Crippen molar-refractivity contribution in [2.24, 2.45) is 0 Å². The molecule has 2 aromatic heterocycles. The average molecular weight is 364 g/mol. The van der Waals surface area contributed by atoms with Crippen LogP contribution in [0.5, 0.6) is 5.75 Å². The second-order valence-corrected chi connectivity index (χ2v) is 6.63. The third-order valence-corrected chi connectivity index (χ3v) is 4.93. The molecule has 0 aliphatic carbocycles. The zero-order chi connectivity index (χ0) is 18.3. The molecular weight excluding hydrogens is 346 g/mol. The molecule has 0 amide bonds. The van der Waals surface area contributed by atoms with Gasteiger partial charge in [0.25, 0.3) is 0 Å². The standard InChI is InChI=1S/C21H18ClN3O/c1-13-7-5-12-19-24-20(15-8-3-4-11-18(15)26)21(25(13)19)23-17-10-6-9-16(22)14(17)2/h3-12,23,26H,1-2H3. The van der Waals surface area contributed by atoms with E-state index in [0.29, 0.717) is 16.3 Å². The number of imidazole rings is 1. The molecule has 4 nitrogen and oxygen atoms in total. The van der Waals surface area contributed by atoms with E-state index in [-0.39, 0.29) is 5.75 Å². The van der Waals surface area contributed by atoms with Gasteiger partial charge in [-0.3, -0.25) is 4.40 Å². The van der Waals surface area contributed by atoms with E-state index in [1.54, 1.807) is 12.1 Å². The highest BCUT2D eigenvalue weighted by Gasteiger charge is 2.18. The number of anilines is 2. The molecule has 0 aliphatic heterocycles. The van der Waals surface area contributed by atoms with E-state index in [1.807, 2.05) is 66.8 Å². The van der Waals surface area contributed by atoms with E-state index >= 15 is 0 Å². The van der Waals surface area contributed by atoms with Crippen LogP contribution in [-0.4, -0.2) is 14.5 Å². The van der Waals surface area contributed by atoms with Crippen LogP contribution in [0, 0.1) is 13.8 Å². The summed E-state index contributed by atoms with van der Waals surface area (Å²) in [4.78, 5) is 4.76.